The molecule has 0 heterocycles. The summed E-state index contributed by atoms with van der Waals surface area (Å²) in [5.74, 6) is 0. The van der Waals surface area contributed by atoms with E-state index in [-0.39, 0.29) is 5.04 Å². The fourth-order valence-corrected chi connectivity index (χ4v) is 10.4. The lowest BCUT2D eigenvalue weighted by molar-refractivity contribution is 0.901. The molecule has 0 nitrogen and oxygen atoms in total. The zero-order chi connectivity index (χ0) is 22.3. The Hall–Kier alpha value is -2.64. The lowest BCUT2D eigenvalue weighted by atomic mass is 9.90. The van der Waals surface area contributed by atoms with Crippen LogP contribution >= 0.6 is 0 Å². The van der Waals surface area contributed by atoms with Crippen LogP contribution in [0.2, 0.25) is 5.04 Å². The molecule has 2 atom stereocenters. The Bertz CT molecular complexity index is 1180. The minimum atomic E-state index is -1.68. The fourth-order valence-electron chi connectivity index (χ4n) is 5.80. The molecule has 0 amide bonds. The molecule has 3 aromatic carbocycles. The summed E-state index contributed by atoms with van der Waals surface area (Å²) >= 11 is 0. The molecule has 2 unspecified atom stereocenters. The molecule has 158 valence electrons. The van der Waals surface area contributed by atoms with Crippen LogP contribution in [0, 0.1) is 20.8 Å². The molecular formula is C30H34Si. The summed E-state index contributed by atoms with van der Waals surface area (Å²) in [5.41, 5.74) is 11.4. The molecule has 0 saturated carbocycles. The summed E-state index contributed by atoms with van der Waals surface area (Å²) in [6.07, 6.45) is 0. The smallest absolute Gasteiger partial charge is 0.0629 e. The van der Waals surface area contributed by atoms with Crippen molar-refractivity contribution in [1.82, 2.24) is 0 Å². The van der Waals surface area contributed by atoms with Gasteiger partial charge in [0.25, 0.3) is 0 Å². The number of hydrogen-bond acceptors (Lipinski definition) is 0. The van der Waals surface area contributed by atoms with Crippen molar-refractivity contribution in [2.24, 2.45) is 0 Å². The van der Waals surface area contributed by atoms with Gasteiger partial charge in [0.15, 0.2) is 0 Å². The van der Waals surface area contributed by atoms with E-state index in [2.05, 4.69) is 121 Å². The van der Waals surface area contributed by atoms with Crippen molar-refractivity contribution >= 4 is 24.7 Å². The van der Waals surface area contributed by atoms with Crippen molar-refractivity contribution in [3.8, 4) is 0 Å². The standard InChI is InChI=1S/C30H34Si/c1-20-12-11-15-27(17-20)31(28-18-21(2)16-22(3)19-28)30(7)25(6)23(4)24(5)29(30)26-13-9-8-10-14-26/h8-19,31H,1-7H3. The number of hydrogen-bond donors (Lipinski definition) is 0. The Balaban J connectivity index is 2.05. The first kappa shape index (κ1) is 21.6. The van der Waals surface area contributed by atoms with Crippen LogP contribution in [0.15, 0.2) is 89.5 Å². The van der Waals surface area contributed by atoms with Crippen LogP contribution in [0.4, 0.5) is 0 Å². The zero-order valence-electron chi connectivity index (χ0n) is 20.0. The maximum Gasteiger partial charge on any atom is 0.117 e. The second-order valence-electron chi connectivity index (χ2n) is 9.59. The Kier molecular flexibility index (Phi) is 5.66. The highest BCUT2D eigenvalue weighted by Gasteiger charge is 2.47. The van der Waals surface area contributed by atoms with Crippen LogP contribution in [0.1, 0.15) is 49.9 Å². The zero-order valence-corrected chi connectivity index (χ0v) is 21.2. The SMILES string of the molecule is CC1=C(C)C(C)([SiH](c2cccc(C)c2)c2cc(C)cc(C)c2)C(c2ccccc2)=C1C. The molecule has 1 aliphatic carbocycles. The van der Waals surface area contributed by atoms with Gasteiger partial charge in [0.2, 0.25) is 0 Å². The average molecular weight is 423 g/mol. The molecule has 0 N–H and O–H groups in total. The van der Waals surface area contributed by atoms with Crippen molar-refractivity contribution in [3.63, 3.8) is 0 Å². The van der Waals surface area contributed by atoms with Gasteiger partial charge in [0.1, 0.15) is 8.80 Å². The number of benzene rings is 3. The molecule has 1 aliphatic rings. The first-order valence-corrected chi connectivity index (χ1v) is 13.1. The van der Waals surface area contributed by atoms with E-state index < -0.39 is 8.80 Å². The summed E-state index contributed by atoms with van der Waals surface area (Å²) < 4.78 is 0. The van der Waals surface area contributed by atoms with Gasteiger partial charge in [-0.05, 0) is 63.8 Å². The predicted molar refractivity (Wildman–Crippen MR) is 139 cm³/mol. The quantitative estimate of drug-likeness (QED) is 0.419. The van der Waals surface area contributed by atoms with Crippen LogP contribution in [-0.2, 0) is 0 Å². The lowest BCUT2D eigenvalue weighted by Crippen LogP contribution is -2.51. The monoisotopic (exact) mass is 422 g/mol. The first-order valence-electron chi connectivity index (χ1n) is 11.3. The Morgan fingerprint density at radius 2 is 1.19 bits per heavy atom. The van der Waals surface area contributed by atoms with E-state index in [4.69, 9.17) is 0 Å². The minimum absolute atomic E-state index is 0.0174. The van der Waals surface area contributed by atoms with Crippen LogP contribution in [0.25, 0.3) is 5.57 Å². The van der Waals surface area contributed by atoms with Gasteiger partial charge in [-0.25, -0.2) is 0 Å². The third kappa shape index (κ3) is 3.66. The predicted octanol–water partition coefficient (Wildman–Crippen LogP) is 6.54. The number of rotatable bonds is 4. The third-order valence-corrected chi connectivity index (χ3v) is 11.3. The highest BCUT2D eigenvalue weighted by Crippen LogP contribution is 2.58. The summed E-state index contributed by atoms with van der Waals surface area (Å²) in [4.78, 5) is 0. The first-order chi connectivity index (χ1) is 14.7. The van der Waals surface area contributed by atoms with Gasteiger partial charge < -0.3 is 0 Å². The molecule has 0 fully saturated rings. The van der Waals surface area contributed by atoms with E-state index in [1.807, 2.05) is 0 Å². The van der Waals surface area contributed by atoms with Gasteiger partial charge in [0, 0.05) is 5.04 Å². The van der Waals surface area contributed by atoms with E-state index in [9.17, 15) is 0 Å². The van der Waals surface area contributed by atoms with Crippen LogP contribution in [-0.4, -0.2) is 8.80 Å². The normalized spacial score (nSPS) is 19.8. The number of allylic oxidation sites excluding steroid dienone is 4. The molecule has 0 aromatic heterocycles. The molecule has 1 heteroatoms. The van der Waals surface area contributed by atoms with Crippen LogP contribution in [0.5, 0.6) is 0 Å². The van der Waals surface area contributed by atoms with Gasteiger partial charge >= 0.3 is 0 Å². The molecule has 0 aliphatic heterocycles. The second-order valence-corrected chi connectivity index (χ2v) is 12.9. The molecule has 3 aromatic rings. The Labute approximate surface area is 190 Å². The summed E-state index contributed by atoms with van der Waals surface area (Å²) in [6.45, 7) is 16.3. The van der Waals surface area contributed by atoms with Gasteiger partial charge in [-0.1, -0.05) is 112 Å². The molecular weight excluding hydrogens is 388 g/mol. The molecule has 0 bridgehead atoms. The average Bonchev–Trinajstić information content (AvgIpc) is 2.89. The molecule has 4 rings (SSSR count). The maximum absolute atomic E-state index is 2.53. The van der Waals surface area contributed by atoms with Crippen molar-refractivity contribution in [2.75, 3.05) is 0 Å². The van der Waals surface area contributed by atoms with E-state index in [0.29, 0.717) is 0 Å². The Morgan fingerprint density at radius 1 is 0.581 bits per heavy atom. The molecule has 31 heavy (non-hydrogen) atoms. The topological polar surface area (TPSA) is 0 Å². The van der Waals surface area contributed by atoms with E-state index in [1.54, 1.807) is 10.8 Å². The minimum Gasteiger partial charge on any atom is -0.0629 e. The van der Waals surface area contributed by atoms with E-state index in [0.717, 1.165) is 0 Å². The second kappa shape index (κ2) is 8.13. The Morgan fingerprint density at radius 3 is 1.81 bits per heavy atom. The van der Waals surface area contributed by atoms with Gasteiger partial charge in [0.05, 0.1) is 0 Å². The van der Waals surface area contributed by atoms with E-state index in [1.165, 1.54) is 44.2 Å². The highest BCUT2D eigenvalue weighted by molar-refractivity contribution is 6.89. The van der Waals surface area contributed by atoms with Gasteiger partial charge in [-0.15, -0.1) is 0 Å². The van der Waals surface area contributed by atoms with Gasteiger partial charge in [-0.2, -0.15) is 0 Å². The van der Waals surface area contributed by atoms with Crippen molar-refractivity contribution in [3.05, 3.63) is 112 Å². The van der Waals surface area contributed by atoms with E-state index >= 15 is 0 Å². The summed E-state index contributed by atoms with van der Waals surface area (Å²) in [5, 5.41) is 3.09. The summed E-state index contributed by atoms with van der Waals surface area (Å²) in [7, 11) is -1.68. The molecule has 0 spiro atoms. The molecule has 0 radical (unpaired) electrons. The van der Waals surface area contributed by atoms with Crippen LogP contribution < -0.4 is 10.4 Å². The van der Waals surface area contributed by atoms with Crippen molar-refractivity contribution in [1.29, 1.82) is 0 Å². The van der Waals surface area contributed by atoms with Gasteiger partial charge in [-0.3, -0.25) is 0 Å². The van der Waals surface area contributed by atoms with Crippen molar-refractivity contribution in [2.45, 2.75) is 53.5 Å². The van der Waals surface area contributed by atoms with Crippen molar-refractivity contribution < 1.29 is 0 Å². The highest BCUT2D eigenvalue weighted by atomic mass is 28.3. The van der Waals surface area contributed by atoms with Crippen LogP contribution in [0.3, 0.4) is 0 Å². The third-order valence-electron chi connectivity index (χ3n) is 7.39. The molecule has 0 saturated heterocycles. The number of aryl methyl sites for hydroxylation is 3. The summed E-state index contributed by atoms with van der Waals surface area (Å²) in [6, 6.07) is 27.6. The fraction of sp³-hybridized carbons (Fsp3) is 0.267. The lowest BCUT2D eigenvalue weighted by Gasteiger charge is -2.39. The largest absolute Gasteiger partial charge is 0.117 e. The maximum atomic E-state index is 2.53.